The summed E-state index contributed by atoms with van der Waals surface area (Å²) in [5.74, 6) is 0.438. The van der Waals surface area contributed by atoms with E-state index in [1.165, 1.54) is 6.20 Å². The number of ether oxygens (including phenoxy) is 2. The van der Waals surface area contributed by atoms with Crippen molar-refractivity contribution >= 4 is 15.9 Å². The fraction of sp³-hybridized carbons (Fsp3) is 0.444. The Morgan fingerprint density at radius 2 is 2.20 bits per heavy atom. The highest BCUT2D eigenvalue weighted by Gasteiger charge is 2.10. The molecule has 0 aliphatic heterocycles. The van der Waals surface area contributed by atoms with Crippen LogP contribution in [0.25, 0.3) is 0 Å². The maximum Gasteiger partial charge on any atom is 0.272 e. The summed E-state index contributed by atoms with van der Waals surface area (Å²) in [6.45, 7) is 1.52. The van der Waals surface area contributed by atoms with Gasteiger partial charge in [-0.3, -0.25) is 0 Å². The molecular formula is C9H10BrF2NO2. The summed E-state index contributed by atoms with van der Waals surface area (Å²) >= 11 is 3.20. The van der Waals surface area contributed by atoms with Gasteiger partial charge in [0.1, 0.15) is 0 Å². The van der Waals surface area contributed by atoms with Crippen molar-refractivity contribution in [1.82, 2.24) is 4.98 Å². The molecule has 0 fully saturated rings. The maximum atomic E-state index is 11.9. The predicted octanol–water partition coefficient (Wildman–Crippen LogP) is 2.89. The summed E-state index contributed by atoms with van der Waals surface area (Å²) in [7, 11) is 0. The lowest BCUT2D eigenvalue weighted by molar-refractivity contribution is 0.0775. The molecule has 0 spiro atoms. The normalized spacial score (nSPS) is 10.5. The molecule has 1 aromatic rings. The number of rotatable bonds is 5. The number of halogens is 3. The molecule has 0 bridgehead atoms. The molecule has 0 aliphatic rings. The van der Waals surface area contributed by atoms with Gasteiger partial charge in [-0.15, -0.1) is 0 Å². The van der Waals surface area contributed by atoms with Gasteiger partial charge in [-0.2, -0.15) is 0 Å². The van der Waals surface area contributed by atoms with Crippen LogP contribution in [0.3, 0.4) is 0 Å². The monoisotopic (exact) mass is 281 g/mol. The minimum atomic E-state index is -2.52. The van der Waals surface area contributed by atoms with Gasteiger partial charge in [-0.25, -0.2) is 13.8 Å². The zero-order valence-electron chi connectivity index (χ0n) is 8.04. The largest absolute Gasteiger partial charge is 0.488 e. The van der Waals surface area contributed by atoms with E-state index in [1.807, 2.05) is 0 Å². The third-order valence-electron chi connectivity index (χ3n) is 1.43. The Kier molecular flexibility index (Phi) is 4.74. The average Bonchev–Trinajstić information content (AvgIpc) is 2.17. The third kappa shape index (κ3) is 3.99. The first-order chi connectivity index (χ1) is 7.13. The van der Waals surface area contributed by atoms with Gasteiger partial charge in [-0.1, -0.05) is 0 Å². The standard InChI is InChI=1S/C9H10BrF2NO2/c1-2-14-7-3-6(10)4-13-9(7)15-5-8(11)12/h3-4,8H,2,5H2,1H3. The van der Waals surface area contributed by atoms with Gasteiger partial charge in [0.25, 0.3) is 12.3 Å². The van der Waals surface area contributed by atoms with Gasteiger partial charge in [-0.05, 0) is 22.9 Å². The van der Waals surface area contributed by atoms with E-state index in [1.54, 1.807) is 13.0 Å². The van der Waals surface area contributed by atoms with Crippen LogP contribution in [-0.2, 0) is 0 Å². The zero-order valence-corrected chi connectivity index (χ0v) is 9.63. The summed E-state index contributed by atoms with van der Waals surface area (Å²) in [5.41, 5.74) is 0. The van der Waals surface area contributed by atoms with Crippen molar-refractivity contribution in [2.75, 3.05) is 13.2 Å². The predicted molar refractivity (Wildman–Crippen MR) is 54.6 cm³/mol. The molecule has 15 heavy (non-hydrogen) atoms. The average molecular weight is 282 g/mol. The Bertz CT molecular complexity index is 323. The first-order valence-electron chi connectivity index (χ1n) is 4.32. The second-order valence-corrected chi connectivity index (χ2v) is 3.51. The second kappa shape index (κ2) is 5.85. The van der Waals surface area contributed by atoms with Gasteiger partial charge in [0.15, 0.2) is 12.4 Å². The van der Waals surface area contributed by atoms with Crippen molar-refractivity contribution < 1.29 is 18.3 Å². The number of alkyl halides is 2. The molecule has 6 heteroatoms. The highest BCUT2D eigenvalue weighted by Crippen LogP contribution is 2.27. The summed E-state index contributed by atoms with van der Waals surface area (Å²) in [6, 6.07) is 1.62. The van der Waals surface area contributed by atoms with Crippen molar-refractivity contribution in [2.24, 2.45) is 0 Å². The van der Waals surface area contributed by atoms with E-state index >= 15 is 0 Å². The number of pyridine rings is 1. The maximum absolute atomic E-state index is 11.9. The van der Waals surface area contributed by atoms with Crippen LogP contribution < -0.4 is 9.47 Å². The molecule has 0 aliphatic carbocycles. The van der Waals surface area contributed by atoms with E-state index in [4.69, 9.17) is 9.47 Å². The highest BCUT2D eigenvalue weighted by molar-refractivity contribution is 9.10. The molecule has 0 saturated carbocycles. The van der Waals surface area contributed by atoms with Gasteiger partial charge < -0.3 is 9.47 Å². The molecule has 0 N–H and O–H groups in total. The Hall–Kier alpha value is -0.910. The van der Waals surface area contributed by atoms with E-state index in [0.29, 0.717) is 16.8 Å². The van der Waals surface area contributed by atoms with Gasteiger partial charge in [0.2, 0.25) is 0 Å². The molecule has 0 atom stereocenters. The number of nitrogens with zero attached hydrogens (tertiary/aromatic N) is 1. The fourth-order valence-electron chi connectivity index (χ4n) is 0.917. The molecule has 1 aromatic heterocycles. The first-order valence-corrected chi connectivity index (χ1v) is 5.12. The molecule has 3 nitrogen and oxygen atoms in total. The Labute approximate surface area is 94.5 Å². The summed E-state index contributed by atoms with van der Waals surface area (Å²) in [6.07, 6.45) is -1.06. The molecule has 0 aromatic carbocycles. The molecule has 1 rings (SSSR count). The van der Waals surface area contributed by atoms with Crippen LogP contribution in [0.5, 0.6) is 11.6 Å². The molecule has 84 valence electrons. The quantitative estimate of drug-likeness (QED) is 0.832. The van der Waals surface area contributed by atoms with Crippen LogP contribution in [0.15, 0.2) is 16.7 Å². The van der Waals surface area contributed by atoms with E-state index in [2.05, 4.69) is 20.9 Å². The van der Waals surface area contributed by atoms with Gasteiger partial charge >= 0.3 is 0 Å². The van der Waals surface area contributed by atoms with E-state index in [-0.39, 0.29) is 5.88 Å². The van der Waals surface area contributed by atoms with Crippen LogP contribution in [0.2, 0.25) is 0 Å². The third-order valence-corrected chi connectivity index (χ3v) is 1.86. The molecular weight excluding hydrogens is 272 g/mol. The topological polar surface area (TPSA) is 31.4 Å². The van der Waals surface area contributed by atoms with Crippen molar-refractivity contribution in [3.8, 4) is 11.6 Å². The van der Waals surface area contributed by atoms with E-state index in [9.17, 15) is 8.78 Å². The Morgan fingerprint density at radius 3 is 2.80 bits per heavy atom. The van der Waals surface area contributed by atoms with Crippen LogP contribution >= 0.6 is 15.9 Å². The first kappa shape index (κ1) is 12.2. The molecule has 0 radical (unpaired) electrons. The smallest absolute Gasteiger partial charge is 0.272 e. The van der Waals surface area contributed by atoms with Crippen molar-refractivity contribution in [2.45, 2.75) is 13.3 Å². The Morgan fingerprint density at radius 1 is 1.47 bits per heavy atom. The van der Waals surface area contributed by atoms with Crippen molar-refractivity contribution in [1.29, 1.82) is 0 Å². The fourth-order valence-corrected chi connectivity index (χ4v) is 1.23. The molecule has 0 unspecified atom stereocenters. The molecule has 1 heterocycles. The SMILES string of the molecule is CCOc1cc(Br)cnc1OCC(F)F. The van der Waals surface area contributed by atoms with Crippen molar-refractivity contribution in [3.63, 3.8) is 0 Å². The van der Waals surface area contributed by atoms with E-state index < -0.39 is 13.0 Å². The Balaban J connectivity index is 2.76. The summed E-state index contributed by atoms with van der Waals surface area (Å²) in [4.78, 5) is 3.84. The van der Waals surface area contributed by atoms with Crippen molar-refractivity contribution in [3.05, 3.63) is 16.7 Å². The lowest BCUT2D eigenvalue weighted by Crippen LogP contribution is -2.09. The van der Waals surface area contributed by atoms with Gasteiger partial charge in [0, 0.05) is 16.7 Å². The second-order valence-electron chi connectivity index (χ2n) is 2.59. The van der Waals surface area contributed by atoms with Crippen LogP contribution in [0.1, 0.15) is 6.92 Å². The minimum absolute atomic E-state index is 0.0837. The summed E-state index contributed by atoms with van der Waals surface area (Å²) < 4.78 is 34.5. The minimum Gasteiger partial charge on any atom is -0.488 e. The number of aromatic nitrogens is 1. The molecule has 0 saturated heterocycles. The zero-order chi connectivity index (χ0) is 11.3. The van der Waals surface area contributed by atoms with Crippen LogP contribution in [0, 0.1) is 0 Å². The lowest BCUT2D eigenvalue weighted by atomic mass is 10.4. The number of hydrogen-bond donors (Lipinski definition) is 0. The highest BCUT2D eigenvalue weighted by atomic mass is 79.9. The van der Waals surface area contributed by atoms with E-state index in [0.717, 1.165) is 0 Å². The lowest BCUT2D eigenvalue weighted by Gasteiger charge is -2.10. The van der Waals surface area contributed by atoms with Gasteiger partial charge in [0.05, 0.1) is 6.61 Å². The molecule has 0 amide bonds. The van der Waals surface area contributed by atoms with Crippen LogP contribution in [0.4, 0.5) is 8.78 Å². The number of hydrogen-bond acceptors (Lipinski definition) is 3. The summed E-state index contributed by atoms with van der Waals surface area (Å²) in [5, 5.41) is 0. The van der Waals surface area contributed by atoms with Crippen LogP contribution in [-0.4, -0.2) is 24.6 Å².